The second-order valence-corrected chi connectivity index (χ2v) is 7.18. The molecule has 1 saturated heterocycles. The molecular weight excluding hydrogens is 413 g/mol. The molecule has 0 saturated carbocycles. The summed E-state index contributed by atoms with van der Waals surface area (Å²) in [6, 6.07) is 7.59. The predicted molar refractivity (Wildman–Crippen MR) is 96.6 cm³/mol. The minimum atomic E-state index is -4.79. The molecule has 148 valence electrons. The Labute approximate surface area is 163 Å². The SMILES string of the molecule is O=C1NC(=O)C(c2ccc(-n3ncc4c(C(F)(F)F)cc([N+](=O)[O-])cc43)cc2)S1. The lowest BCUT2D eigenvalue weighted by molar-refractivity contribution is -0.385. The van der Waals surface area contributed by atoms with E-state index in [1.165, 1.54) is 12.1 Å². The number of halogens is 3. The molecular formula is C17H9F3N4O4S. The molecule has 1 aliphatic rings. The maximum atomic E-state index is 13.3. The van der Waals surface area contributed by atoms with Crippen LogP contribution >= 0.6 is 11.8 Å². The molecule has 2 aromatic carbocycles. The number of imide groups is 1. The topological polar surface area (TPSA) is 107 Å². The van der Waals surface area contributed by atoms with Crippen LogP contribution < -0.4 is 5.32 Å². The fourth-order valence-electron chi connectivity index (χ4n) is 3.02. The molecule has 2 heterocycles. The van der Waals surface area contributed by atoms with E-state index in [0.717, 1.165) is 28.7 Å². The van der Waals surface area contributed by atoms with Crippen LogP contribution in [0.2, 0.25) is 0 Å². The number of non-ortho nitro benzene ring substituents is 1. The smallest absolute Gasteiger partial charge is 0.286 e. The number of carbonyl (C=O) groups is 2. The number of carbonyl (C=O) groups excluding carboxylic acids is 2. The van der Waals surface area contributed by atoms with Gasteiger partial charge in [0.15, 0.2) is 0 Å². The summed E-state index contributed by atoms with van der Waals surface area (Å²) in [5, 5.41) is 15.7. The minimum absolute atomic E-state index is 0.0811. The van der Waals surface area contributed by atoms with Gasteiger partial charge < -0.3 is 0 Å². The minimum Gasteiger partial charge on any atom is -0.286 e. The van der Waals surface area contributed by atoms with Gasteiger partial charge in [0.1, 0.15) is 5.25 Å². The van der Waals surface area contributed by atoms with Crippen molar-refractivity contribution >= 4 is 39.5 Å². The van der Waals surface area contributed by atoms with E-state index >= 15 is 0 Å². The average molecular weight is 422 g/mol. The standard InChI is InChI=1S/C17H9F3N4O4S/c18-17(19,20)12-5-10(24(27)28)6-13-11(12)7-21-23(13)9-3-1-8(2-4-9)14-15(25)22-16(26)29-14/h1-7,14H,(H,22,25,26). The average Bonchev–Trinajstić information content (AvgIpc) is 3.22. The highest BCUT2D eigenvalue weighted by Gasteiger charge is 2.36. The molecule has 1 N–H and O–H groups in total. The summed E-state index contributed by atoms with van der Waals surface area (Å²) in [7, 11) is 0. The van der Waals surface area contributed by atoms with Crippen LogP contribution in [-0.2, 0) is 11.0 Å². The van der Waals surface area contributed by atoms with Gasteiger partial charge in [-0.15, -0.1) is 0 Å². The number of nitro groups is 1. The number of hydrogen-bond acceptors (Lipinski definition) is 6. The van der Waals surface area contributed by atoms with E-state index in [9.17, 15) is 32.9 Å². The summed E-state index contributed by atoms with van der Waals surface area (Å²) in [5.74, 6) is -0.456. The van der Waals surface area contributed by atoms with Crippen LogP contribution in [-0.4, -0.2) is 25.9 Å². The molecule has 0 bridgehead atoms. The number of hydrogen-bond donors (Lipinski definition) is 1. The number of amides is 2. The second-order valence-electron chi connectivity index (χ2n) is 6.10. The largest absolute Gasteiger partial charge is 0.417 e. The molecule has 0 radical (unpaired) electrons. The van der Waals surface area contributed by atoms with Crippen LogP contribution in [0.3, 0.4) is 0 Å². The van der Waals surface area contributed by atoms with E-state index in [0.29, 0.717) is 17.3 Å². The van der Waals surface area contributed by atoms with Gasteiger partial charge in [-0.25, -0.2) is 4.68 Å². The number of nitro benzene ring substituents is 1. The van der Waals surface area contributed by atoms with Crippen LogP contribution in [0.4, 0.5) is 23.7 Å². The Balaban J connectivity index is 1.80. The lowest BCUT2D eigenvalue weighted by atomic mass is 10.1. The molecule has 1 atom stereocenters. The number of aromatic nitrogens is 2. The Morgan fingerprint density at radius 2 is 1.86 bits per heavy atom. The van der Waals surface area contributed by atoms with Gasteiger partial charge in [0.05, 0.1) is 27.9 Å². The van der Waals surface area contributed by atoms with Crippen molar-refractivity contribution in [3.8, 4) is 5.69 Å². The van der Waals surface area contributed by atoms with Crippen molar-refractivity contribution in [3.63, 3.8) is 0 Å². The molecule has 1 fully saturated rings. The fourth-order valence-corrected chi connectivity index (χ4v) is 3.86. The van der Waals surface area contributed by atoms with Crippen molar-refractivity contribution in [2.45, 2.75) is 11.4 Å². The zero-order valence-electron chi connectivity index (χ0n) is 14.1. The summed E-state index contributed by atoms with van der Waals surface area (Å²) in [5.41, 5.74) is -1.07. The second kappa shape index (κ2) is 6.58. The van der Waals surface area contributed by atoms with E-state index in [1.54, 1.807) is 12.1 Å². The van der Waals surface area contributed by atoms with Crippen LogP contribution in [0.1, 0.15) is 16.4 Å². The van der Waals surface area contributed by atoms with Crippen molar-refractivity contribution in [1.82, 2.24) is 15.1 Å². The summed E-state index contributed by atoms with van der Waals surface area (Å²) in [4.78, 5) is 33.3. The van der Waals surface area contributed by atoms with Crippen LogP contribution in [0.25, 0.3) is 16.6 Å². The summed E-state index contributed by atoms with van der Waals surface area (Å²) >= 11 is 0.821. The molecule has 1 aliphatic heterocycles. The fraction of sp³-hybridized carbons (Fsp3) is 0.118. The van der Waals surface area contributed by atoms with Crippen molar-refractivity contribution < 1.29 is 27.7 Å². The first kappa shape index (κ1) is 18.9. The van der Waals surface area contributed by atoms with E-state index in [2.05, 4.69) is 10.4 Å². The maximum absolute atomic E-state index is 13.3. The number of fused-ring (bicyclic) bond motifs is 1. The molecule has 12 heteroatoms. The number of nitrogens with one attached hydrogen (secondary N) is 1. The molecule has 1 unspecified atom stereocenters. The summed E-state index contributed by atoms with van der Waals surface area (Å²) in [6.45, 7) is 0. The zero-order valence-corrected chi connectivity index (χ0v) is 15.0. The van der Waals surface area contributed by atoms with Gasteiger partial charge >= 0.3 is 6.18 Å². The van der Waals surface area contributed by atoms with Gasteiger partial charge in [0.2, 0.25) is 5.91 Å². The summed E-state index contributed by atoms with van der Waals surface area (Å²) in [6.07, 6.45) is -3.80. The maximum Gasteiger partial charge on any atom is 0.417 e. The molecule has 4 rings (SSSR count). The highest BCUT2D eigenvalue weighted by Crippen LogP contribution is 2.38. The lowest BCUT2D eigenvalue weighted by Gasteiger charge is -2.10. The third-order valence-electron chi connectivity index (χ3n) is 4.32. The van der Waals surface area contributed by atoms with E-state index in [1.807, 2.05) is 0 Å². The Bertz CT molecular complexity index is 1170. The van der Waals surface area contributed by atoms with Gasteiger partial charge in [-0.1, -0.05) is 12.1 Å². The van der Waals surface area contributed by atoms with Crippen molar-refractivity contribution in [3.05, 3.63) is 63.8 Å². The quantitative estimate of drug-likeness (QED) is 0.506. The van der Waals surface area contributed by atoms with Crippen LogP contribution in [0.15, 0.2) is 42.6 Å². The number of nitrogens with zero attached hydrogens (tertiary/aromatic N) is 3. The Morgan fingerprint density at radius 1 is 1.17 bits per heavy atom. The molecule has 1 aromatic heterocycles. The van der Waals surface area contributed by atoms with Gasteiger partial charge in [-0.3, -0.25) is 25.0 Å². The molecule has 0 spiro atoms. The van der Waals surface area contributed by atoms with Crippen LogP contribution in [0.5, 0.6) is 0 Å². The molecule has 0 aliphatic carbocycles. The number of alkyl halides is 3. The highest BCUT2D eigenvalue weighted by atomic mass is 32.2. The van der Waals surface area contributed by atoms with E-state index in [-0.39, 0.29) is 10.9 Å². The normalized spacial score (nSPS) is 17.0. The van der Waals surface area contributed by atoms with Gasteiger partial charge in [-0.05, 0) is 29.5 Å². The Morgan fingerprint density at radius 3 is 2.41 bits per heavy atom. The number of rotatable bonds is 3. The molecule has 2 amide bonds. The van der Waals surface area contributed by atoms with Gasteiger partial charge in [0.25, 0.3) is 10.9 Å². The van der Waals surface area contributed by atoms with E-state index in [4.69, 9.17) is 0 Å². The number of thioether (sulfide) groups is 1. The predicted octanol–water partition coefficient (Wildman–Crippen LogP) is 3.98. The Hall–Kier alpha value is -3.41. The summed E-state index contributed by atoms with van der Waals surface area (Å²) < 4.78 is 41.2. The van der Waals surface area contributed by atoms with Gasteiger partial charge in [-0.2, -0.15) is 18.3 Å². The third-order valence-corrected chi connectivity index (χ3v) is 5.36. The third kappa shape index (κ3) is 3.31. The molecule has 8 nitrogen and oxygen atoms in total. The van der Waals surface area contributed by atoms with Crippen molar-refractivity contribution in [2.24, 2.45) is 0 Å². The van der Waals surface area contributed by atoms with Crippen LogP contribution in [0, 0.1) is 10.1 Å². The zero-order chi connectivity index (χ0) is 20.9. The Kier molecular flexibility index (Phi) is 4.30. The first-order chi connectivity index (χ1) is 13.6. The molecule has 29 heavy (non-hydrogen) atoms. The van der Waals surface area contributed by atoms with Gasteiger partial charge in [0, 0.05) is 17.5 Å². The highest BCUT2D eigenvalue weighted by molar-refractivity contribution is 8.15. The molecule has 3 aromatic rings. The van der Waals surface area contributed by atoms with Crippen molar-refractivity contribution in [2.75, 3.05) is 0 Å². The number of benzene rings is 2. The van der Waals surface area contributed by atoms with E-state index < -0.39 is 38.7 Å². The first-order valence-electron chi connectivity index (χ1n) is 8.00. The van der Waals surface area contributed by atoms with Crippen molar-refractivity contribution in [1.29, 1.82) is 0 Å². The first-order valence-corrected chi connectivity index (χ1v) is 8.88. The monoisotopic (exact) mass is 422 g/mol. The lowest BCUT2D eigenvalue weighted by Crippen LogP contribution is -2.20.